The van der Waals surface area contributed by atoms with Crippen molar-refractivity contribution in [3.63, 3.8) is 0 Å². The van der Waals surface area contributed by atoms with E-state index >= 15 is 0 Å². The van der Waals surface area contributed by atoms with Gasteiger partial charge in [-0.1, -0.05) is 53.0 Å². The molecule has 72 valence electrons. The number of hydrogen-bond acceptors (Lipinski definition) is 2. The van der Waals surface area contributed by atoms with Gasteiger partial charge in [-0.05, 0) is 6.07 Å². The van der Waals surface area contributed by atoms with Gasteiger partial charge in [-0.15, -0.1) is 10.2 Å². The maximum absolute atomic E-state index is 5.91. The molecule has 0 saturated heterocycles. The summed E-state index contributed by atoms with van der Waals surface area (Å²) in [7, 11) is 0. The van der Waals surface area contributed by atoms with Crippen LogP contribution in [0.5, 0.6) is 0 Å². The van der Waals surface area contributed by atoms with Gasteiger partial charge in [-0.3, -0.25) is 0 Å². The van der Waals surface area contributed by atoms with E-state index in [4.69, 9.17) is 23.2 Å². The van der Waals surface area contributed by atoms with Crippen molar-refractivity contribution in [3.05, 3.63) is 21.9 Å². The highest BCUT2D eigenvalue weighted by Crippen LogP contribution is 2.30. The molecule has 0 saturated carbocycles. The SMILES string of the molecule is CC(C)(CBr)c1cc(Cl)nnc1Cl. The highest BCUT2D eigenvalue weighted by Gasteiger charge is 2.23. The Hall–Kier alpha value is 0.140. The van der Waals surface area contributed by atoms with Crippen LogP contribution in [0.1, 0.15) is 19.4 Å². The molecule has 0 N–H and O–H groups in total. The Morgan fingerprint density at radius 3 is 2.54 bits per heavy atom. The van der Waals surface area contributed by atoms with Crippen LogP contribution in [-0.2, 0) is 5.41 Å². The zero-order valence-corrected chi connectivity index (χ0v) is 10.4. The fourth-order valence-electron chi connectivity index (χ4n) is 0.900. The van der Waals surface area contributed by atoms with Gasteiger partial charge in [0, 0.05) is 16.3 Å². The van der Waals surface area contributed by atoms with Crippen LogP contribution < -0.4 is 0 Å². The van der Waals surface area contributed by atoms with Crippen LogP contribution in [0.2, 0.25) is 10.3 Å². The highest BCUT2D eigenvalue weighted by atomic mass is 79.9. The fraction of sp³-hybridized carbons (Fsp3) is 0.500. The summed E-state index contributed by atoms with van der Waals surface area (Å²) in [5, 5.41) is 8.98. The number of rotatable bonds is 2. The van der Waals surface area contributed by atoms with E-state index in [2.05, 4.69) is 40.0 Å². The van der Waals surface area contributed by atoms with E-state index in [-0.39, 0.29) is 5.41 Å². The first kappa shape index (κ1) is 11.2. The molecule has 0 aromatic carbocycles. The molecule has 0 amide bonds. The van der Waals surface area contributed by atoms with Crippen molar-refractivity contribution < 1.29 is 0 Å². The normalized spacial score (nSPS) is 11.8. The lowest BCUT2D eigenvalue weighted by molar-refractivity contribution is 0.601. The molecule has 1 aromatic rings. The average Bonchev–Trinajstić information content (AvgIpc) is 2.09. The van der Waals surface area contributed by atoms with Crippen molar-refractivity contribution in [1.29, 1.82) is 0 Å². The summed E-state index contributed by atoms with van der Waals surface area (Å²) in [6, 6.07) is 1.75. The molecule has 2 nitrogen and oxygen atoms in total. The Morgan fingerprint density at radius 2 is 2.00 bits per heavy atom. The van der Waals surface area contributed by atoms with Gasteiger partial charge in [0.15, 0.2) is 10.3 Å². The third-order valence-corrected chi connectivity index (χ3v) is 3.65. The van der Waals surface area contributed by atoms with E-state index < -0.39 is 0 Å². The number of alkyl halides is 1. The lowest BCUT2D eigenvalue weighted by atomic mass is 9.88. The van der Waals surface area contributed by atoms with E-state index in [1.165, 1.54) is 0 Å². The van der Waals surface area contributed by atoms with E-state index in [1.807, 2.05) is 0 Å². The second kappa shape index (κ2) is 4.11. The summed E-state index contributed by atoms with van der Waals surface area (Å²) >= 11 is 15.1. The Kier molecular flexibility index (Phi) is 3.55. The second-order valence-corrected chi connectivity index (χ2v) is 4.70. The van der Waals surface area contributed by atoms with Crippen LogP contribution >= 0.6 is 39.1 Å². The fourth-order valence-corrected chi connectivity index (χ4v) is 1.70. The maximum Gasteiger partial charge on any atom is 0.155 e. The summed E-state index contributed by atoms with van der Waals surface area (Å²) in [6.07, 6.45) is 0. The quantitative estimate of drug-likeness (QED) is 0.777. The predicted molar refractivity (Wildman–Crippen MR) is 58.9 cm³/mol. The standard InChI is InChI=1S/C8H9BrCl2N2/c1-8(2,4-9)5-3-6(10)12-13-7(5)11/h3H,4H2,1-2H3. The van der Waals surface area contributed by atoms with Crippen LogP contribution in [0.15, 0.2) is 6.07 Å². The van der Waals surface area contributed by atoms with Crippen LogP contribution in [0.25, 0.3) is 0 Å². The number of nitrogens with zero attached hydrogens (tertiary/aromatic N) is 2. The predicted octanol–water partition coefficient (Wildman–Crippen LogP) is 3.46. The zero-order chi connectivity index (χ0) is 10.1. The molecule has 13 heavy (non-hydrogen) atoms. The van der Waals surface area contributed by atoms with E-state index in [0.717, 1.165) is 10.9 Å². The third kappa shape index (κ3) is 2.55. The molecule has 0 aliphatic carbocycles. The number of aromatic nitrogens is 2. The van der Waals surface area contributed by atoms with Gasteiger partial charge >= 0.3 is 0 Å². The Bertz CT molecular complexity index is 315. The van der Waals surface area contributed by atoms with Crippen LogP contribution in [0.3, 0.4) is 0 Å². The van der Waals surface area contributed by atoms with Gasteiger partial charge < -0.3 is 0 Å². The monoisotopic (exact) mass is 282 g/mol. The summed E-state index contributed by atoms with van der Waals surface area (Å²) in [4.78, 5) is 0. The van der Waals surface area contributed by atoms with Gasteiger partial charge in [0.25, 0.3) is 0 Å². The van der Waals surface area contributed by atoms with Crippen molar-refractivity contribution in [2.45, 2.75) is 19.3 Å². The minimum Gasteiger partial charge on any atom is -0.137 e. The summed E-state index contributed by atoms with van der Waals surface area (Å²) in [6.45, 7) is 4.11. The van der Waals surface area contributed by atoms with Crippen molar-refractivity contribution in [2.24, 2.45) is 0 Å². The van der Waals surface area contributed by atoms with Crippen LogP contribution in [0.4, 0.5) is 0 Å². The summed E-state index contributed by atoms with van der Waals surface area (Å²) in [5.74, 6) is 0. The molecule has 0 radical (unpaired) electrons. The van der Waals surface area contributed by atoms with Crippen molar-refractivity contribution >= 4 is 39.1 Å². The highest BCUT2D eigenvalue weighted by molar-refractivity contribution is 9.09. The topological polar surface area (TPSA) is 25.8 Å². The first-order chi connectivity index (χ1) is 5.97. The molecule has 0 aliphatic rings. The molecule has 0 bridgehead atoms. The van der Waals surface area contributed by atoms with Crippen molar-refractivity contribution in [3.8, 4) is 0 Å². The smallest absolute Gasteiger partial charge is 0.137 e. The lowest BCUT2D eigenvalue weighted by Gasteiger charge is -2.22. The minimum atomic E-state index is -0.0866. The summed E-state index contributed by atoms with van der Waals surface area (Å²) < 4.78 is 0. The molecule has 1 aromatic heterocycles. The molecule has 5 heteroatoms. The van der Waals surface area contributed by atoms with Crippen molar-refractivity contribution in [2.75, 3.05) is 5.33 Å². The lowest BCUT2D eigenvalue weighted by Crippen LogP contribution is -2.20. The van der Waals surface area contributed by atoms with Crippen LogP contribution in [-0.4, -0.2) is 15.5 Å². The number of hydrogen-bond donors (Lipinski definition) is 0. The zero-order valence-electron chi connectivity index (χ0n) is 7.31. The van der Waals surface area contributed by atoms with Crippen LogP contribution in [0, 0.1) is 0 Å². The first-order valence-corrected chi connectivity index (χ1v) is 5.60. The molecule has 0 fully saturated rings. The molecule has 0 unspecified atom stereocenters. The molecule has 1 heterocycles. The van der Waals surface area contributed by atoms with Gasteiger partial charge in [-0.2, -0.15) is 0 Å². The van der Waals surface area contributed by atoms with Crippen molar-refractivity contribution in [1.82, 2.24) is 10.2 Å². The maximum atomic E-state index is 5.91. The van der Waals surface area contributed by atoms with Gasteiger partial charge in [0.2, 0.25) is 0 Å². The van der Waals surface area contributed by atoms with E-state index in [9.17, 15) is 0 Å². The van der Waals surface area contributed by atoms with E-state index in [0.29, 0.717) is 10.3 Å². The molecule has 0 spiro atoms. The Balaban J connectivity index is 3.20. The average molecular weight is 284 g/mol. The largest absolute Gasteiger partial charge is 0.155 e. The third-order valence-electron chi connectivity index (χ3n) is 1.78. The Morgan fingerprint density at radius 1 is 1.38 bits per heavy atom. The van der Waals surface area contributed by atoms with Gasteiger partial charge in [0.1, 0.15) is 0 Å². The second-order valence-electron chi connectivity index (χ2n) is 3.39. The number of halogens is 3. The van der Waals surface area contributed by atoms with Gasteiger partial charge in [-0.25, -0.2) is 0 Å². The minimum absolute atomic E-state index is 0.0866. The Labute approximate surface area is 95.8 Å². The van der Waals surface area contributed by atoms with E-state index in [1.54, 1.807) is 6.07 Å². The molecular weight excluding hydrogens is 275 g/mol. The molecule has 0 aliphatic heterocycles. The molecule has 0 atom stereocenters. The van der Waals surface area contributed by atoms with Gasteiger partial charge in [0.05, 0.1) is 0 Å². The molecular formula is C8H9BrCl2N2. The first-order valence-electron chi connectivity index (χ1n) is 3.72. The summed E-state index contributed by atoms with van der Waals surface area (Å²) in [5.41, 5.74) is 0.822. The molecule has 1 rings (SSSR count).